The number of carbonyl (C=O) groups excluding carboxylic acids is 2. The van der Waals surface area contributed by atoms with Gasteiger partial charge >= 0.3 is 0 Å². The predicted octanol–water partition coefficient (Wildman–Crippen LogP) is 1.62. The normalized spacial score (nSPS) is 24.5. The summed E-state index contributed by atoms with van der Waals surface area (Å²) in [6.45, 7) is 2.25. The number of hydrogen-bond donors (Lipinski definition) is 4. The number of amides is 2. The van der Waals surface area contributed by atoms with E-state index in [1.165, 1.54) is 6.33 Å². The van der Waals surface area contributed by atoms with Crippen molar-refractivity contribution in [3.8, 4) is 5.75 Å². The van der Waals surface area contributed by atoms with Crippen LogP contribution in [0, 0.1) is 0 Å². The quantitative estimate of drug-likeness (QED) is 0.415. The van der Waals surface area contributed by atoms with Gasteiger partial charge in [-0.05, 0) is 25.0 Å². The number of carbonyl (C=O) groups is 2. The Morgan fingerprint density at radius 2 is 2.03 bits per heavy atom. The third-order valence-electron chi connectivity index (χ3n) is 6.55. The fraction of sp³-hybridized carbons (Fsp3) is 0.417. The van der Waals surface area contributed by atoms with Crippen LogP contribution in [0.15, 0.2) is 30.7 Å². The molecule has 1 aromatic heterocycles. The molecule has 5 rings (SSSR count). The van der Waals surface area contributed by atoms with Crippen LogP contribution in [0.5, 0.6) is 5.75 Å². The minimum Gasteiger partial charge on any atom is -0.491 e. The van der Waals surface area contributed by atoms with Crippen LogP contribution >= 0.6 is 11.6 Å². The standard InChI is InChI=1S/C24H28ClN7O4/c1-31-6-2-5-26-21-20-16(23(34)30-22(20)29-13-28-21)11-27-14-3-4-17(25)19(9-14)36-8-7-32-12-15(33)10-18(32)24(31)35/h3-4,9,11,13,15,18,27,33H,2,5-8,10,12H2,1H3,(H2,26,28,29,30,34)/b16-11-/t15-,18-/m1/s1. The number of nitrogens with zero attached hydrogens (tertiary/aromatic N) is 4. The zero-order chi connectivity index (χ0) is 25.2. The highest BCUT2D eigenvalue weighted by molar-refractivity contribution is 6.33. The van der Waals surface area contributed by atoms with Gasteiger partial charge in [-0.1, -0.05) is 11.6 Å². The number of nitrogens with one attached hydrogen (secondary N) is 3. The Bertz CT molecular complexity index is 1210. The number of halogens is 1. The van der Waals surface area contributed by atoms with Gasteiger partial charge in [0.1, 0.15) is 30.3 Å². The van der Waals surface area contributed by atoms with E-state index in [2.05, 4.69) is 25.9 Å². The Kier molecular flexibility index (Phi) is 6.95. The van der Waals surface area contributed by atoms with Crippen molar-refractivity contribution in [3.63, 3.8) is 0 Å². The van der Waals surface area contributed by atoms with E-state index in [0.717, 1.165) is 0 Å². The fourth-order valence-corrected chi connectivity index (χ4v) is 4.87. The van der Waals surface area contributed by atoms with E-state index in [9.17, 15) is 14.7 Å². The molecule has 12 heteroatoms. The molecule has 2 amide bonds. The monoisotopic (exact) mass is 513 g/mol. The summed E-state index contributed by atoms with van der Waals surface area (Å²) in [6.07, 6.45) is 3.51. The first-order valence-corrected chi connectivity index (χ1v) is 12.2. The van der Waals surface area contributed by atoms with Gasteiger partial charge in [0.25, 0.3) is 5.91 Å². The highest BCUT2D eigenvalue weighted by atomic mass is 35.5. The minimum absolute atomic E-state index is 0.0309. The Morgan fingerprint density at radius 3 is 2.89 bits per heavy atom. The largest absolute Gasteiger partial charge is 0.491 e. The molecule has 2 atom stereocenters. The summed E-state index contributed by atoms with van der Waals surface area (Å²) in [5, 5.41) is 19.9. The van der Waals surface area contributed by atoms with E-state index < -0.39 is 12.1 Å². The van der Waals surface area contributed by atoms with Crippen LogP contribution in [0.25, 0.3) is 5.57 Å². The molecule has 4 heterocycles. The van der Waals surface area contributed by atoms with Crippen LogP contribution in [0.3, 0.4) is 0 Å². The highest BCUT2D eigenvalue weighted by Gasteiger charge is 2.37. The lowest BCUT2D eigenvalue weighted by molar-refractivity contribution is -0.134. The minimum atomic E-state index is -0.555. The van der Waals surface area contributed by atoms with Gasteiger partial charge in [-0.25, -0.2) is 9.97 Å². The van der Waals surface area contributed by atoms with Crippen LogP contribution in [0.4, 0.5) is 17.3 Å². The van der Waals surface area contributed by atoms with E-state index in [-0.39, 0.29) is 11.8 Å². The van der Waals surface area contributed by atoms with Gasteiger partial charge in [-0.3, -0.25) is 14.5 Å². The topological polar surface area (TPSA) is 132 Å². The van der Waals surface area contributed by atoms with Crippen molar-refractivity contribution < 1.29 is 19.4 Å². The van der Waals surface area contributed by atoms with Gasteiger partial charge in [-0.15, -0.1) is 0 Å². The summed E-state index contributed by atoms with van der Waals surface area (Å²) in [4.78, 5) is 38.0. The summed E-state index contributed by atoms with van der Waals surface area (Å²) in [5.74, 6) is 1.12. The second-order valence-electron chi connectivity index (χ2n) is 9.04. The first-order valence-electron chi connectivity index (χ1n) is 11.9. The molecule has 0 aliphatic carbocycles. The summed E-state index contributed by atoms with van der Waals surface area (Å²) >= 11 is 6.35. The summed E-state index contributed by atoms with van der Waals surface area (Å²) in [6, 6.07) is 4.84. The van der Waals surface area contributed by atoms with Crippen LogP contribution in [-0.2, 0) is 9.59 Å². The molecule has 0 saturated carbocycles. The van der Waals surface area contributed by atoms with Crippen LogP contribution < -0.4 is 20.7 Å². The molecule has 1 fully saturated rings. The van der Waals surface area contributed by atoms with Crippen molar-refractivity contribution in [1.82, 2.24) is 19.8 Å². The number of aromatic nitrogens is 2. The molecule has 0 spiro atoms. The van der Waals surface area contributed by atoms with E-state index in [1.807, 2.05) is 4.90 Å². The van der Waals surface area contributed by atoms with Gasteiger partial charge in [-0.2, -0.15) is 0 Å². The zero-order valence-electron chi connectivity index (χ0n) is 19.8. The SMILES string of the molecule is CN1CCCNc2ncnc3c2/C(=C/Nc2ccc(Cl)c(c2)OCCN2C[C@H](O)C[C@@H]2C1=O)C(=O)N3. The molecule has 0 unspecified atom stereocenters. The van der Waals surface area contributed by atoms with Crippen LogP contribution in [0.2, 0.25) is 5.02 Å². The third-order valence-corrected chi connectivity index (χ3v) is 6.86. The van der Waals surface area contributed by atoms with Crippen LogP contribution in [-0.4, -0.2) is 88.7 Å². The maximum absolute atomic E-state index is 13.1. The van der Waals surface area contributed by atoms with Gasteiger partial charge in [0.2, 0.25) is 5.91 Å². The average molecular weight is 514 g/mol. The Labute approximate surface area is 213 Å². The molecule has 0 radical (unpaired) electrons. The second-order valence-corrected chi connectivity index (χ2v) is 9.44. The van der Waals surface area contributed by atoms with E-state index >= 15 is 0 Å². The Balaban J connectivity index is 1.44. The molecule has 11 nitrogen and oxygen atoms in total. The lowest BCUT2D eigenvalue weighted by Crippen LogP contribution is -2.45. The molecule has 4 N–H and O–H groups in total. The lowest BCUT2D eigenvalue weighted by Gasteiger charge is -2.27. The zero-order valence-corrected chi connectivity index (χ0v) is 20.6. The first kappa shape index (κ1) is 24.3. The molecule has 2 bridgehead atoms. The van der Waals surface area contributed by atoms with Crippen molar-refractivity contribution in [2.75, 3.05) is 55.8 Å². The number of rotatable bonds is 0. The smallest absolute Gasteiger partial charge is 0.259 e. The third kappa shape index (κ3) is 4.95. The van der Waals surface area contributed by atoms with Gasteiger partial charge < -0.3 is 30.7 Å². The molecular formula is C24H28ClN7O4. The number of aliphatic hydroxyl groups is 1. The van der Waals surface area contributed by atoms with Crippen LogP contribution in [0.1, 0.15) is 18.4 Å². The Morgan fingerprint density at radius 1 is 1.19 bits per heavy atom. The van der Waals surface area contributed by atoms with Gasteiger partial charge in [0, 0.05) is 51.2 Å². The van der Waals surface area contributed by atoms with Crippen molar-refractivity contribution in [1.29, 1.82) is 0 Å². The number of aliphatic hydroxyl groups excluding tert-OH is 1. The van der Waals surface area contributed by atoms with E-state index in [1.54, 1.807) is 36.3 Å². The summed E-state index contributed by atoms with van der Waals surface area (Å²) in [5.41, 5.74) is 1.66. The molecular weight excluding hydrogens is 486 g/mol. The number of benzene rings is 1. The molecule has 190 valence electrons. The molecule has 36 heavy (non-hydrogen) atoms. The number of fused-ring (bicyclic) bond motifs is 3. The van der Waals surface area contributed by atoms with Gasteiger partial charge in [0.15, 0.2) is 0 Å². The molecule has 3 aliphatic heterocycles. The van der Waals surface area contributed by atoms with Crippen molar-refractivity contribution in [2.24, 2.45) is 0 Å². The maximum Gasteiger partial charge on any atom is 0.259 e. The maximum atomic E-state index is 13.1. The van der Waals surface area contributed by atoms with E-state index in [0.29, 0.717) is 84.9 Å². The highest BCUT2D eigenvalue weighted by Crippen LogP contribution is 2.35. The fourth-order valence-electron chi connectivity index (χ4n) is 4.70. The van der Waals surface area contributed by atoms with Crippen molar-refractivity contribution in [2.45, 2.75) is 25.0 Å². The number of anilines is 3. The summed E-state index contributed by atoms with van der Waals surface area (Å²) in [7, 11) is 1.77. The van der Waals surface area contributed by atoms with Crippen molar-refractivity contribution in [3.05, 3.63) is 41.3 Å². The molecule has 2 aromatic rings. The van der Waals surface area contributed by atoms with Crippen molar-refractivity contribution >= 4 is 46.3 Å². The molecule has 3 aliphatic rings. The molecule has 1 aromatic carbocycles. The first-order chi connectivity index (χ1) is 17.4. The van der Waals surface area contributed by atoms with Gasteiger partial charge in [0.05, 0.1) is 28.3 Å². The predicted molar refractivity (Wildman–Crippen MR) is 136 cm³/mol. The number of likely N-dealkylation sites (N-methyl/N-ethyl adjacent to an activating group) is 1. The number of hydrogen-bond acceptors (Lipinski definition) is 9. The average Bonchev–Trinajstić information content (AvgIpc) is 3.39. The second kappa shape index (κ2) is 10.3. The number of ether oxygens (including phenoxy) is 1. The molecule has 1 saturated heterocycles. The van der Waals surface area contributed by atoms with E-state index in [4.69, 9.17) is 16.3 Å². The lowest BCUT2D eigenvalue weighted by atomic mass is 10.1. The summed E-state index contributed by atoms with van der Waals surface area (Å²) < 4.78 is 5.94. The Hall–Kier alpha value is -3.41.